The Bertz CT molecular complexity index is 421. The van der Waals surface area contributed by atoms with Gasteiger partial charge in [0.2, 0.25) is 5.91 Å². The number of rotatable bonds is 5. The van der Waals surface area contributed by atoms with Crippen LogP contribution in [-0.2, 0) is 11.3 Å². The molecule has 1 atom stereocenters. The zero-order valence-corrected chi connectivity index (χ0v) is 11.7. The molecule has 1 aliphatic heterocycles. The number of hydrogen-bond donors (Lipinski definition) is 2. The summed E-state index contributed by atoms with van der Waals surface area (Å²) in [5.74, 6) is 0.0563. The zero-order valence-electron chi connectivity index (χ0n) is 10.9. The normalized spacial score (nSPS) is 19.6. The van der Waals surface area contributed by atoms with Crippen molar-refractivity contribution in [3.63, 3.8) is 0 Å². The number of hydrogen-bond acceptors (Lipinski definition) is 3. The summed E-state index contributed by atoms with van der Waals surface area (Å²) in [6.07, 6.45) is 1.41. The molecular weight excluding hydrogens is 262 g/mol. The van der Waals surface area contributed by atoms with Crippen LogP contribution in [0.15, 0.2) is 24.3 Å². The third-order valence-corrected chi connectivity index (χ3v) is 3.58. The van der Waals surface area contributed by atoms with Crippen molar-refractivity contribution in [2.75, 3.05) is 19.6 Å². The Morgan fingerprint density at radius 3 is 2.84 bits per heavy atom. The molecule has 1 aromatic rings. The Kier molecular flexibility index (Phi) is 5.19. The van der Waals surface area contributed by atoms with Crippen LogP contribution >= 0.6 is 11.6 Å². The Morgan fingerprint density at radius 2 is 2.16 bits per heavy atom. The monoisotopic (exact) mass is 281 g/mol. The van der Waals surface area contributed by atoms with E-state index in [-0.39, 0.29) is 11.9 Å². The zero-order chi connectivity index (χ0) is 13.7. The molecule has 3 N–H and O–H groups in total. The lowest BCUT2D eigenvalue weighted by Gasteiger charge is -2.16. The Hall–Kier alpha value is -1.10. The number of nitrogens with one attached hydrogen (secondary N) is 1. The van der Waals surface area contributed by atoms with Gasteiger partial charge in [-0.2, -0.15) is 0 Å². The minimum absolute atomic E-state index is 0.0563. The summed E-state index contributed by atoms with van der Waals surface area (Å²) in [5.41, 5.74) is 6.61. The molecule has 4 nitrogen and oxygen atoms in total. The van der Waals surface area contributed by atoms with Crippen LogP contribution in [0.3, 0.4) is 0 Å². The van der Waals surface area contributed by atoms with Crippen molar-refractivity contribution in [1.82, 2.24) is 10.2 Å². The predicted octanol–water partition coefficient (Wildman–Crippen LogP) is 1.38. The van der Waals surface area contributed by atoms with E-state index in [9.17, 15) is 4.79 Å². The summed E-state index contributed by atoms with van der Waals surface area (Å²) in [7, 11) is 0. The van der Waals surface area contributed by atoms with Crippen molar-refractivity contribution in [1.29, 1.82) is 0 Å². The highest BCUT2D eigenvalue weighted by atomic mass is 35.5. The van der Waals surface area contributed by atoms with Crippen molar-refractivity contribution in [2.24, 2.45) is 5.73 Å². The van der Waals surface area contributed by atoms with Crippen LogP contribution in [0.2, 0.25) is 5.02 Å². The molecule has 104 valence electrons. The van der Waals surface area contributed by atoms with Crippen LogP contribution in [0, 0.1) is 0 Å². The molecule has 1 amide bonds. The van der Waals surface area contributed by atoms with E-state index in [2.05, 4.69) is 10.2 Å². The van der Waals surface area contributed by atoms with Gasteiger partial charge >= 0.3 is 0 Å². The summed E-state index contributed by atoms with van der Waals surface area (Å²) in [5, 5.41) is 3.78. The first-order valence-corrected chi connectivity index (χ1v) is 7.01. The fourth-order valence-electron chi connectivity index (χ4n) is 2.37. The van der Waals surface area contributed by atoms with Gasteiger partial charge in [-0.3, -0.25) is 9.69 Å². The predicted molar refractivity (Wildman–Crippen MR) is 76.9 cm³/mol. The lowest BCUT2D eigenvalue weighted by molar-refractivity contribution is -0.121. The van der Waals surface area contributed by atoms with Crippen molar-refractivity contribution >= 4 is 17.5 Å². The molecule has 2 rings (SSSR count). The molecule has 19 heavy (non-hydrogen) atoms. The average Bonchev–Trinajstić information content (AvgIpc) is 2.80. The molecule has 1 fully saturated rings. The molecule has 1 heterocycles. The topological polar surface area (TPSA) is 58.4 Å². The second-order valence-electron chi connectivity index (χ2n) is 4.95. The number of carbonyl (C=O) groups is 1. The lowest BCUT2D eigenvalue weighted by Crippen LogP contribution is -2.37. The van der Waals surface area contributed by atoms with Crippen LogP contribution in [0.1, 0.15) is 18.4 Å². The highest BCUT2D eigenvalue weighted by molar-refractivity contribution is 6.30. The number of nitrogens with two attached hydrogens (primary N) is 1. The van der Waals surface area contributed by atoms with Gasteiger partial charge in [0.15, 0.2) is 0 Å². The fraction of sp³-hybridized carbons (Fsp3) is 0.500. The van der Waals surface area contributed by atoms with E-state index in [1.54, 1.807) is 0 Å². The molecule has 5 heteroatoms. The second kappa shape index (κ2) is 6.89. The molecular formula is C14H20ClN3O. The molecule has 0 aromatic heterocycles. The maximum absolute atomic E-state index is 11.5. The first kappa shape index (κ1) is 14.3. The minimum Gasteiger partial charge on any atom is -0.352 e. The van der Waals surface area contributed by atoms with E-state index in [0.717, 1.165) is 31.1 Å². The lowest BCUT2D eigenvalue weighted by atomic mass is 10.2. The highest BCUT2D eigenvalue weighted by Crippen LogP contribution is 2.15. The van der Waals surface area contributed by atoms with Gasteiger partial charge in [0, 0.05) is 43.7 Å². The first-order chi connectivity index (χ1) is 9.17. The Labute approximate surface area is 118 Å². The quantitative estimate of drug-likeness (QED) is 0.857. The largest absolute Gasteiger partial charge is 0.352 e. The molecule has 0 radical (unpaired) electrons. The van der Waals surface area contributed by atoms with Crippen molar-refractivity contribution in [3.05, 3.63) is 34.9 Å². The molecule has 1 saturated heterocycles. The number of amides is 1. The van der Waals surface area contributed by atoms with Crippen LogP contribution < -0.4 is 11.1 Å². The number of carbonyl (C=O) groups excluding carboxylic acids is 1. The third kappa shape index (κ3) is 4.49. The molecule has 0 spiro atoms. The smallest absolute Gasteiger partial charge is 0.221 e. The third-order valence-electron chi connectivity index (χ3n) is 3.33. The maximum Gasteiger partial charge on any atom is 0.221 e. The number of likely N-dealkylation sites (tertiary alicyclic amines) is 1. The Morgan fingerprint density at radius 1 is 1.42 bits per heavy atom. The van der Waals surface area contributed by atoms with Crippen molar-refractivity contribution < 1.29 is 4.79 Å². The van der Waals surface area contributed by atoms with E-state index < -0.39 is 0 Å². The van der Waals surface area contributed by atoms with Crippen LogP contribution in [0.5, 0.6) is 0 Å². The molecule has 0 bridgehead atoms. The first-order valence-electron chi connectivity index (χ1n) is 6.63. The van der Waals surface area contributed by atoms with Gasteiger partial charge in [0.25, 0.3) is 0 Å². The van der Waals surface area contributed by atoms with Gasteiger partial charge < -0.3 is 11.1 Å². The molecule has 1 aromatic carbocycles. The fourth-order valence-corrected chi connectivity index (χ4v) is 2.50. The number of halogens is 1. The van der Waals surface area contributed by atoms with Crippen molar-refractivity contribution in [3.8, 4) is 0 Å². The van der Waals surface area contributed by atoms with Crippen LogP contribution in [-0.4, -0.2) is 36.5 Å². The van der Waals surface area contributed by atoms with E-state index in [4.69, 9.17) is 17.3 Å². The highest BCUT2D eigenvalue weighted by Gasteiger charge is 2.23. The van der Waals surface area contributed by atoms with Crippen LogP contribution in [0.25, 0.3) is 0 Å². The summed E-state index contributed by atoms with van der Waals surface area (Å²) >= 11 is 5.87. The van der Waals surface area contributed by atoms with Gasteiger partial charge in [0.05, 0.1) is 0 Å². The van der Waals surface area contributed by atoms with Gasteiger partial charge in [-0.1, -0.05) is 23.7 Å². The molecule has 0 aliphatic carbocycles. The summed E-state index contributed by atoms with van der Waals surface area (Å²) in [6.45, 7) is 3.22. The number of benzene rings is 1. The second-order valence-corrected chi connectivity index (χ2v) is 5.39. The molecule has 1 aliphatic rings. The minimum atomic E-state index is 0.0563. The van der Waals surface area contributed by atoms with Gasteiger partial charge in [0.1, 0.15) is 0 Å². The van der Waals surface area contributed by atoms with E-state index in [0.29, 0.717) is 13.0 Å². The van der Waals surface area contributed by atoms with Gasteiger partial charge in [-0.15, -0.1) is 0 Å². The molecule has 0 saturated carbocycles. The Balaban J connectivity index is 1.78. The SMILES string of the molecule is NCCC(=O)N[C@H]1CCN(Cc2ccc(Cl)cc2)C1. The average molecular weight is 282 g/mol. The standard InChI is InChI=1S/C14H20ClN3O/c15-12-3-1-11(2-4-12)9-18-8-6-13(10-18)17-14(19)5-7-16/h1-4,13H,5-10,16H2,(H,17,19)/t13-/m0/s1. The van der Waals surface area contributed by atoms with E-state index >= 15 is 0 Å². The van der Waals surface area contributed by atoms with Crippen LogP contribution in [0.4, 0.5) is 0 Å². The van der Waals surface area contributed by atoms with E-state index in [1.807, 2.05) is 24.3 Å². The van der Waals surface area contributed by atoms with Crippen molar-refractivity contribution in [2.45, 2.75) is 25.4 Å². The van der Waals surface area contributed by atoms with Gasteiger partial charge in [-0.05, 0) is 24.1 Å². The van der Waals surface area contributed by atoms with E-state index in [1.165, 1.54) is 5.56 Å². The summed E-state index contributed by atoms with van der Waals surface area (Å²) in [4.78, 5) is 13.8. The van der Waals surface area contributed by atoms with Gasteiger partial charge in [-0.25, -0.2) is 0 Å². The summed E-state index contributed by atoms with van der Waals surface area (Å²) in [6, 6.07) is 8.16. The summed E-state index contributed by atoms with van der Waals surface area (Å²) < 4.78 is 0. The molecule has 0 unspecified atom stereocenters. The number of nitrogens with zero attached hydrogens (tertiary/aromatic N) is 1. The maximum atomic E-state index is 11.5.